The van der Waals surface area contributed by atoms with Crippen molar-refractivity contribution < 1.29 is 19.0 Å². The minimum atomic E-state index is -0.622. The molecule has 1 rings (SSSR count). The van der Waals surface area contributed by atoms with Crippen LogP contribution in [0.5, 0.6) is 5.75 Å². The largest absolute Gasteiger partial charge is 0.465 e. The molecule has 4 heteroatoms. The third kappa shape index (κ3) is 1.53. The zero-order valence-corrected chi connectivity index (χ0v) is 6.41. The van der Waals surface area contributed by atoms with E-state index in [0.717, 1.165) is 0 Å². The van der Waals surface area contributed by atoms with Crippen molar-refractivity contribution in [3.8, 4) is 5.75 Å². The molecule has 0 aromatic heterocycles. The van der Waals surface area contributed by atoms with Gasteiger partial charge in [-0.3, -0.25) is 4.94 Å². The summed E-state index contributed by atoms with van der Waals surface area (Å²) in [5.74, 6) is -0.757. The van der Waals surface area contributed by atoms with Crippen molar-refractivity contribution in [1.29, 1.82) is 0 Å². The van der Waals surface area contributed by atoms with Crippen molar-refractivity contribution in [2.45, 2.75) is 0 Å². The van der Waals surface area contributed by atoms with Gasteiger partial charge in [-0.1, -0.05) is 12.1 Å². The van der Waals surface area contributed by atoms with Gasteiger partial charge in [-0.05, 0) is 12.1 Å². The van der Waals surface area contributed by atoms with Gasteiger partial charge in [0.05, 0.1) is 7.11 Å². The molecule has 0 saturated heterocycles. The van der Waals surface area contributed by atoms with Crippen LogP contribution in [0.2, 0.25) is 0 Å². The molecule has 0 bridgehead atoms. The molecule has 0 amide bonds. The summed E-state index contributed by atoms with van der Waals surface area (Å²) < 4.78 is 16.2. The fourth-order valence-electron chi connectivity index (χ4n) is 0.813. The van der Waals surface area contributed by atoms with Crippen molar-refractivity contribution in [2.75, 3.05) is 7.11 Å². The van der Waals surface area contributed by atoms with E-state index in [1.807, 2.05) is 0 Å². The maximum Gasteiger partial charge on any atom is 0.341 e. The maximum absolute atomic E-state index is 11.8. The van der Waals surface area contributed by atoms with Crippen molar-refractivity contribution >= 4 is 5.97 Å². The average molecular weight is 170 g/mol. The lowest BCUT2D eigenvalue weighted by molar-refractivity contribution is -0.00810. The number of esters is 1. The summed E-state index contributed by atoms with van der Waals surface area (Å²) >= 11 is 0. The first-order chi connectivity index (χ1) is 5.79. The highest BCUT2D eigenvalue weighted by molar-refractivity contribution is 5.92. The Hall–Kier alpha value is -1.58. The lowest BCUT2D eigenvalue weighted by Crippen LogP contribution is -2.02. The number of benzene rings is 1. The first-order valence-electron chi connectivity index (χ1n) is 3.25. The molecule has 0 aliphatic carbocycles. The summed E-state index contributed by atoms with van der Waals surface area (Å²) in [7, 11) is 1.22. The average Bonchev–Trinajstić information content (AvgIpc) is 2.16. The zero-order valence-electron chi connectivity index (χ0n) is 6.41. The van der Waals surface area contributed by atoms with Gasteiger partial charge in [0.15, 0.2) is 5.75 Å². The van der Waals surface area contributed by atoms with Gasteiger partial charge in [-0.2, -0.15) is 0 Å². The zero-order chi connectivity index (χ0) is 8.97. The maximum atomic E-state index is 11.8. The van der Waals surface area contributed by atoms with E-state index in [-0.39, 0.29) is 11.3 Å². The molecule has 0 aliphatic rings. The predicted molar refractivity (Wildman–Crippen MR) is 39.5 cm³/mol. The fraction of sp³-hybridized carbons (Fsp3) is 0.125. The van der Waals surface area contributed by atoms with Crippen LogP contribution in [0.3, 0.4) is 0 Å². The summed E-state index contributed by atoms with van der Waals surface area (Å²) in [6, 6.07) is 5.91. The molecule has 0 atom stereocenters. The monoisotopic (exact) mass is 170 g/mol. The second-order valence-electron chi connectivity index (χ2n) is 2.06. The van der Waals surface area contributed by atoms with E-state index >= 15 is 0 Å². The molecule has 0 saturated carbocycles. The van der Waals surface area contributed by atoms with Gasteiger partial charge >= 0.3 is 5.97 Å². The smallest absolute Gasteiger partial charge is 0.341 e. The normalized spacial score (nSPS) is 9.17. The number of carbonyl (C=O) groups is 1. The van der Waals surface area contributed by atoms with Crippen molar-refractivity contribution in [2.24, 2.45) is 0 Å². The van der Waals surface area contributed by atoms with E-state index in [1.54, 1.807) is 12.1 Å². The molecular formula is C8H7FO3. The van der Waals surface area contributed by atoms with Gasteiger partial charge in [-0.25, -0.2) is 4.79 Å². The number of carbonyl (C=O) groups excluding carboxylic acids is 1. The Kier molecular flexibility index (Phi) is 2.63. The predicted octanol–water partition coefficient (Wildman–Crippen LogP) is 1.74. The third-order valence-corrected chi connectivity index (χ3v) is 1.38. The first kappa shape index (κ1) is 8.52. The van der Waals surface area contributed by atoms with Gasteiger partial charge in [-0.15, -0.1) is 0 Å². The van der Waals surface area contributed by atoms with Gasteiger partial charge in [0.2, 0.25) is 0 Å². The van der Waals surface area contributed by atoms with E-state index in [9.17, 15) is 9.32 Å². The second kappa shape index (κ2) is 3.71. The molecule has 0 fully saturated rings. The lowest BCUT2D eigenvalue weighted by atomic mass is 10.2. The molecule has 1 aromatic carbocycles. The number of hydrogen-bond donors (Lipinski definition) is 0. The minimum absolute atomic E-state index is 0.0718. The van der Waals surface area contributed by atoms with Gasteiger partial charge < -0.3 is 4.74 Å². The van der Waals surface area contributed by atoms with Crippen molar-refractivity contribution in [1.82, 2.24) is 0 Å². The van der Waals surface area contributed by atoms with Crippen LogP contribution in [0.25, 0.3) is 0 Å². The molecule has 3 nitrogen and oxygen atoms in total. The summed E-state index contributed by atoms with van der Waals surface area (Å²) in [6.07, 6.45) is 0. The van der Waals surface area contributed by atoms with E-state index in [4.69, 9.17) is 0 Å². The standard InChI is InChI=1S/C8H7FO3/c1-11-8(10)6-4-2-3-5-7(6)12-9/h2-5H,1H3. The Labute approximate surface area is 68.6 Å². The summed E-state index contributed by atoms with van der Waals surface area (Å²) in [6.45, 7) is 0. The molecule has 12 heavy (non-hydrogen) atoms. The Morgan fingerprint density at radius 3 is 2.67 bits per heavy atom. The molecule has 0 aliphatic heterocycles. The molecule has 0 spiro atoms. The highest BCUT2D eigenvalue weighted by Gasteiger charge is 2.11. The molecule has 1 aromatic rings. The number of methoxy groups -OCH3 is 1. The fourth-order valence-corrected chi connectivity index (χ4v) is 0.813. The second-order valence-corrected chi connectivity index (χ2v) is 2.06. The first-order valence-corrected chi connectivity index (χ1v) is 3.25. The number of rotatable bonds is 2. The van der Waals surface area contributed by atoms with Crippen LogP contribution in [0.15, 0.2) is 24.3 Å². The number of halogens is 1. The van der Waals surface area contributed by atoms with Gasteiger partial charge in [0.1, 0.15) is 5.56 Å². The van der Waals surface area contributed by atoms with E-state index in [1.165, 1.54) is 19.2 Å². The number of ether oxygens (including phenoxy) is 1. The third-order valence-electron chi connectivity index (χ3n) is 1.38. The van der Waals surface area contributed by atoms with Crippen molar-refractivity contribution in [3.63, 3.8) is 0 Å². The Morgan fingerprint density at radius 2 is 2.08 bits per heavy atom. The number of para-hydroxylation sites is 1. The van der Waals surface area contributed by atoms with E-state index in [2.05, 4.69) is 9.68 Å². The van der Waals surface area contributed by atoms with Crippen LogP contribution in [0.1, 0.15) is 10.4 Å². The van der Waals surface area contributed by atoms with Crippen molar-refractivity contribution in [3.05, 3.63) is 29.8 Å². The summed E-state index contributed by atoms with van der Waals surface area (Å²) in [5.41, 5.74) is 0.0718. The summed E-state index contributed by atoms with van der Waals surface area (Å²) in [4.78, 5) is 14.4. The Morgan fingerprint density at radius 1 is 1.42 bits per heavy atom. The van der Waals surface area contributed by atoms with Gasteiger partial charge in [0, 0.05) is 4.53 Å². The lowest BCUT2D eigenvalue weighted by Gasteiger charge is -2.01. The van der Waals surface area contributed by atoms with Gasteiger partial charge in [0.25, 0.3) is 0 Å². The number of hydrogen-bond acceptors (Lipinski definition) is 3. The van der Waals surface area contributed by atoms with Crippen LogP contribution < -0.4 is 4.94 Å². The summed E-state index contributed by atoms with van der Waals surface area (Å²) in [5, 5.41) is 0. The quantitative estimate of drug-likeness (QED) is 0.634. The van der Waals surface area contributed by atoms with E-state index < -0.39 is 5.97 Å². The molecule has 0 N–H and O–H groups in total. The molecule has 0 heterocycles. The van der Waals surface area contributed by atoms with Crippen LogP contribution in [0, 0.1) is 0 Å². The SMILES string of the molecule is COC(=O)c1ccccc1OF. The molecular weight excluding hydrogens is 163 g/mol. The Bertz CT molecular complexity index is 285. The van der Waals surface area contributed by atoms with Crippen LogP contribution in [-0.4, -0.2) is 13.1 Å². The highest BCUT2D eigenvalue weighted by atomic mass is 19.3. The molecule has 0 unspecified atom stereocenters. The van der Waals surface area contributed by atoms with Crippen LogP contribution >= 0.6 is 0 Å². The molecule has 0 radical (unpaired) electrons. The van der Waals surface area contributed by atoms with Crippen LogP contribution in [-0.2, 0) is 4.74 Å². The van der Waals surface area contributed by atoms with Crippen LogP contribution in [0.4, 0.5) is 4.53 Å². The topological polar surface area (TPSA) is 35.5 Å². The minimum Gasteiger partial charge on any atom is -0.465 e. The Balaban J connectivity index is 3.04. The highest BCUT2D eigenvalue weighted by Crippen LogP contribution is 2.18. The van der Waals surface area contributed by atoms with E-state index in [0.29, 0.717) is 0 Å². The molecule has 64 valence electrons.